The summed E-state index contributed by atoms with van der Waals surface area (Å²) in [6, 6.07) is 27.9. The van der Waals surface area contributed by atoms with Crippen molar-refractivity contribution in [3.63, 3.8) is 0 Å². The predicted octanol–water partition coefficient (Wildman–Crippen LogP) is 7.26. The van der Waals surface area contributed by atoms with Crippen molar-refractivity contribution in [2.24, 2.45) is 5.92 Å². The normalized spacial score (nSPS) is 14.7. The summed E-state index contributed by atoms with van der Waals surface area (Å²) in [5.74, 6) is 2.58. The number of aryl methyl sites for hydroxylation is 1. The van der Waals surface area contributed by atoms with E-state index in [0.29, 0.717) is 11.5 Å². The SMILES string of the molecule is COc1ccc(-c2nc(C(C(C)C)(C(c3ccccc3)c3ccccc3)N3CCNCC3)c(C)[nH]2)cc1OC.Cl.Cl.Cl. The largest absolute Gasteiger partial charge is 0.493 e. The highest BCUT2D eigenvalue weighted by atomic mass is 35.5. The van der Waals surface area contributed by atoms with Gasteiger partial charge in [-0.25, -0.2) is 4.98 Å². The highest BCUT2D eigenvalue weighted by molar-refractivity contribution is 5.86. The van der Waals surface area contributed by atoms with E-state index in [4.69, 9.17) is 14.5 Å². The van der Waals surface area contributed by atoms with Crippen molar-refractivity contribution in [2.75, 3.05) is 40.4 Å². The number of halogens is 3. The zero-order valence-electron chi connectivity index (χ0n) is 24.9. The summed E-state index contributed by atoms with van der Waals surface area (Å²) in [4.78, 5) is 11.8. The molecule has 1 aliphatic heterocycles. The number of rotatable bonds is 9. The Bertz CT molecular complexity index is 1340. The molecule has 42 heavy (non-hydrogen) atoms. The molecule has 0 aliphatic carbocycles. The molecule has 0 bridgehead atoms. The second-order valence-electron chi connectivity index (χ2n) is 10.6. The number of nitrogens with one attached hydrogen (secondary N) is 2. The Morgan fingerprint density at radius 2 is 1.33 bits per heavy atom. The van der Waals surface area contributed by atoms with Gasteiger partial charge in [0.05, 0.1) is 25.5 Å². The summed E-state index contributed by atoms with van der Waals surface area (Å²) in [7, 11) is 3.32. The number of imidazole rings is 1. The molecule has 6 nitrogen and oxygen atoms in total. The summed E-state index contributed by atoms with van der Waals surface area (Å²) in [6.45, 7) is 10.7. The summed E-state index contributed by atoms with van der Waals surface area (Å²) in [5.41, 5.74) is 5.36. The first-order valence-electron chi connectivity index (χ1n) is 13.9. The van der Waals surface area contributed by atoms with Gasteiger partial charge in [0.25, 0.3) is 0 Å². The van der Waals surface area contributed by atoms with Gasteiger partial charge in [-0.05, 0) is 42.2 Å². The van der Waals surface area contributed by atoms with Gasteiger partial charge in [0.15, 0.2) is 11.5 Å². The van der Waals surface area contributed by atoms with Crippen LogP contribution in [0.4, 0.5) is 0 Å². The van der Waals surface area contributed by atoms with E-state index in [1.165, 1.54) is 11.1 Å². The maximum Gasteiger partial charge on any atom is 0.161 e. The van der Waals surface area contributed by atoms with Crippen LogP contribution in [0, 0.1) is 12.8 Å². The Hall–Kier alpha value is -2.74. The lowest BCUT2D eigenvalue weighted by Gasteiger charge is -2.53. The second kappa shape index (κ2) is 15.6. The highest BCUT2D eigenvalue weighted by Crippen LogP contribution is 2.51. The number of piperazine rings is 1. The van der Waals surface area contributed by atoms with E-state index in [9.17, 15) is 0 Å². The molecule has 1 aromatic heterocycles. The number of hydrogen-bond acceptors (Lipinski definition) is 5. The van der Waals surface area contributed by atoms with Crippen LogP contribution in [0.1, 0.15) is 42.3 Å². The fraction of sp³-hybridized carbons (Fsp3) is 0.364. The number of aromatic amines is 1. The molecule has 1 fully saturated rings. The van der Waals surface area contributed by atoms with E-state index >= 15 is 0 Å². The predicted molar refractivity (Wildman–Crippen MR) is 179 cm³/mol. The van der Waals surface area contributed by atoms with Gasteiger partial charge in [0, 0.05) is 43.4 Å². The number of methoxy groups -OCH3 is 2. The fourth-order valence-electron chi connectivity index (χ4n) is 6.44. The van der Waals surface area contributed by atoms with E-state index < -0.39 is 0 Å². The van der Waals surface area contributed by atoms with Gasteiger partial charge in [-0.15, -0.1) is 37.2 Å². The number of hydrogen-bond donors (Lipinski definition) is 2. The van der Waals surface area contributed by atoms with Crippen LogP contribution in [0.5, 0.6) is 11.5 Å². The van der Waals surface area contributed by atoms with Gasteiger partial charge in [-0.2, -0.15) is 0 Å². The Kier molecular flexibility index (Phi) is 13.2. The third-order valence-electron chi connectivity index (χ3n) is 8.15. The number of H-pyrrole nitrogens is 1. The van der Waals surface area contributed by atoms with Crippen molar-refractivity contribution in [1.29, 1.82) is 0 Å². The van der Waals surface area contributed by atoms with Crippen LogP contribution in [-0.4, -0.2) is 55.3 Å². The molecule has 2 N–H and O–H groups in total. The molecule has 2 heterocycles. The van der Waals surface area contributed by atoms with E-state index in [1.807, 2.05) is 18.2 Å². The molecular formula is C33H43Cl3N4O2. The van der Waals surface area contributed by atoms with Crippen LogP contribution < -0.4 is 14.8 Å². The molecule has 1 atom stereocenters. The molecule has 0 saturated carbocycles. The van der Waals surface area contributed by atoms with Crippen molar-refractivity contribution in [1.82, 2.24) is 20.2 Å². The maximum atomic E-state index is 5.61. The zero-order valence-corrected chi connectivity index (χ0v) is 27.4. The first kappa shape index (κ1) is 35.5. The van der Waals surface area contributed by atoms with E-state index in [-0.39, 0.29) is 54.6 Å². The Labute approximate surface area is 268 Å². The molecule has 1 aliphatic rings. The minimum atomic E-state index is -0.389. The lowest BCUT2D eigenvalue weighted by atomic mass is 9.65. The smallest absolute Gasteiger partial charge is 0.161 e. The number of ether oxygens (including phenoxy) is 2. The minimum absolute atomic E-state index is 0. The number of nitrogens with zero attached hydrogens (tertiary/aromatic N) is 2. The monoisotopic (exact) mass is 632 g/mol. The average molecular weight is 634 g/mol. The topological polar surface area (TPSA) is 62.4 Å². The summed E-state index contributed by atoms with van der Waals surface area (Å²) in [5, 5.41) is 3.57. The van der Waals surface area contributed by atoms with Gasteiger partial charge in [0.1, 0.15) is 5.82 Å². The molecule has 9 heteroatoms. The molecule has 4 aromatic rings. The van der Waals surface area contributed by atoms with Crippen LogP contribution in [0.2, 0.25) is 0 Å². The minimum Gasteiger partial charge on any atom is -0.493 e. The quantitative estimate of drug-likeness (QED) is 0.203. The summed E-state index contributed by atoms with van der Waals surface area (Å²) < 4.78 is 11.1. The van der Waals surface area contributed by atoms with E-state index in [0.717, 1.165) is 49.0 Å². The van der Waals surface area contributed by atoms with Gasteiger partial charge < -0.3 is 19.8 Å². The Balaban J connectivity index is 0.00000205. The van der Waals surface area contributed by atoms with Crippen LogP contribution in [-0.2, 0) is 5.54 Å². The molecule has 0 amide bonds. The lowest BCUT2D eigenvalue weighted by molar-refractivity contribution is 0.0108. The van der Waals surface area contributed by atoms with Crippen LogP contribution >= 0.6 is 37.2 Å². The maximum absolute atomic E-state index is 5.61. The molecule has 228 valence electrons. The first-order chi connectivity index (χ1) is 19.0. The van der Waals surface area contributed by atoms with E-state index in [2.05, 4.69) is 96.6 Å². The second-order valence-corrected chi connectivity index (χ2v) is 10.6. The standard InChI is InChI=1S/C33H40N4O2.3ClH/c1-23(2)33(37-20-18-34-19-21-37,30(25-12-8-6-9-13-25)26-14-10-7-11-15-26)31-24(3)35-32(36-31)27-16-17-28(38-4)29(22-27)39-5;;;/h6-17,22-23,30,34H,18-21H2,1-5H3,(H,35,36);3*1H. The third-order valence-corrected chi connectivity index (χ3v) is 8.15. The van der Waals surface area contributed by atoms with Crippen molar-refractivity contribution in [2.45, 2.75) is 32.2 Å². The third kappa shape index (κ3) is 6.58. The van der Waals surface area contributed by atoms with Gasteiger partial charge in [-0.1, -0.05) is 74.5 Å². The number of benzene rings is 3. The van der Waals surface area contributed by atoms with Gasteiger partial charge >= 0.3 is 0 Å². The van der Waals surface area contributed by atoms with Crippen molar-refractivity contribution >= 4 is 37.2 Å². The van der Waals surface area contributed by atoms with Crippen molar-refractivity contribution in [3.8, 4) is 22.9 Å². The lowest BCUT2D eigenvalue weighted by Crippen LogP contribution is -2.60. The average Bonchev–Trinajstić information content (AvgIpc) is 3.38. The van der Waals surface area contributed by atoms with E-state index in [1.54, 1.807) is 14.2 Å². The Morgan fingerprint density at radius 1 is 0.786 bits per heavy atom. The van der Waals surface area contributed by atoms with Crippen molar-refractivity contribution in [3.05, 3.63) is 101 Å². The number of aromatic nitrogens is 2. The van der Waals surface area contributed by atoms with Crippen molar-refractivity contribution < 1.29 is 9.47 Å². The van der Waals surface area contributed by atoms with Crippen LogP contribution in [0.25, 0.3) is 11.4 Å². The highest BCUT2D eigenvalue weighted by Gasteiger charge is 2.51. The molecule has 0 radical (unpaired) electrons. The molecule has 1 saturated heterocycles. The molecule has 3 aromatic carbocycles. The van der Waals surface area contributed by atoms with Gasteiger partial charge in [-0.3, -0.25) is 4.90 Å². The summed E-state index contributed by atoms with van der Waals surface area (Å²) in [6.07, 6.45) is 0. The first-order valence-corrected chi connectivity index (χ1v) is 13.9. The molecule has 1 unspecified atom stereocenters. The molecule has 0 spiro atoms. The Morgan fingerprint density at radius 3 is 1.83 bits per heavy atom. The van der Waals surface area contributed by atoms with Gasteiger partial charge in [0.2, 0.25) is 0 Å². The van der Waals surface area contributed by atoms with Crippen LogP contribution in [0.3, 0.4) is 0 Å². The molecular weight excluding hydrogens is 591 g/mol. The zero-order chi connectivity index (χ0) is 27.4. The fourth-order valence-corrected chi connectivity index (χ4v) is 6.44. The molecule has 5 rings (SSSR count). The van der Waals surface area contributed by atoms with Crippen LogP contribution in [0.15, 0.2) is 78.9 Å². The summed E-state index contributed by atoms with van der Waals surface area (Å²) >= 11 is 0.